The molecule has 0 saturated carbocycles. The molecule has 0 spiro atoms. The summed E-state index contributed by atoms with van der Waals surface area (Å²) in [4.78, 5) is 29.3. The molecule has 10 nitrogen and oxygen atoms in total. The number of nitrogens with one attached hydrogen (secondary N) is 2. The number of rotatable bonds is 8. The van der Waals surface area contributed by atoms with Gasteiger partial charge in [-0.15, -0.1) is 0 Å². The molecule has 2 aromatic carbocycles. The number of carbonyl (C=O) groups excluding carboxylic acids is 2. The number of likely N-dealkylation sites (N-methyl/N-ethyl adjacent to an activating group) is 1. The van der Waals surface area contributed by atoms with E-state index in [4.69, 9.17) is 4.74 Å². The molecule has 0 radical (unpaired) electrons. The molecule has 208 valence electrons. The maximum atomic E-state index is 13.6. The summed E-state index contributed by atoms with van der Waals surface area (Å²) in [5, 5.41) is 12.7. The molecule has 0 saturated heterocycles. The summed E-state index contributed by atoms with van der Waals surface area (Å²) in [7, 11) is -2.34. The fourth-order valence-corrected chi connectivity index (χ4v) is 5.24. The van der Waals surface area contributed by atoms with Gasteiger partial charge in [0.25, 0.3) is 15.9 Å². The molecule has 0 unspecified atom stereocenters. The first-order valence-electron chi connectivity index (χ1n) is 12.7. The Hall–Kier alpha value is -3.31. The Morgan fingerprint density at radius 3 is 2.45 bits per heavy atom. The summed E-state index contributed by atoms with van der Waals surface area (Å²) in [6.07, 6.45) is -0.580. The number of fused-ring (bicyclic) bond motifs is 1. The van der Waals surface area contributed by atoms with Crippen LogP contribution in [0.1, 0.15) is 43.6 Å². The Bertz CT molecular complexity index is 1250. The second-order valence-electron chi connectivity index (χ2n) is 10.2. The van der Waals surface area contributed by atoms with E-state index in [1.54, 1.807) is 43.1 Å². The highest BCUT2D eigenvalue weighted by atomic mass is 32.2. The Balaban J connectivity index is 2.05. The normalized spacial score (nSPS) is 18.6. The molecule has 3 N–H and O–H groups in total. The number of urea groups is 1. The first-order valence-corrected chi connectivity index (χ1v) is 14.1. The second kappa shape index (κ2) is 12.0. The third-order valence-corrected chi connectivity index (χ3v) is 7.86. The van der Waals surface area contributed by atoms with E-state index in [9.17, 15) is 23.1 Å². The van der Waals surface area contributed by atoms with Gasteiger partial charge >= 0.3 is 6.03 Å². The highest BCUT2D eigenvalue weighted by Crippen LogP contribution is 2.36. The highest BCUT2D eigenvalue weighted by Gasteiger charge is 2.35. The molecule has 0 aliphatic carbocycles. The molecule has 3 amide bonds. The molecular formula is C27H38N4O6S. The van der Waals surface area contributed by atoms with E-state index in [0.717, 1.165) is 5.56 Å². The van der Waals surface area contributed by atoms with Gasteiger partial charge in [0.15, 0.2) is 5.75 Å². The molecule has 3 atom stereocenters. The lowest BCUT2D eigenvalue weighted by atomic mass is 9.99. The summed E-state index contributed by atoms with van der Waals surface area (Å²) in [5.74, 6) is -0.552. The van der Waals surface area contributed by atoms with Crippen LogP contribution in [0, 0.1) is 12.8 Å². The van der Waals surface area contributed by atoms with Crippen LogP contribution in [-0.4, -0.2) is 80.2 Å². The number of hydrogen-bond acceptors (Lipinski definition) is 6. The van der Waals surface area contributed by atoms with Crippen molar-refractivity contribution >= 4 is 27.6 Å². The molecule has 0 bridgehead atoms. The van der Waals surface area contributed by atoms with Gasteiger partial charge in [-0.2, -0.15) is 0 Å². The topological polar surface area (TPSA) is 128 Å². The van der Waals surface area contributed by atoms with Gasteiger partial charge in [0.05, 0.1) is 35.3 Å². The van der Waals surface area contributed by atoms with Gasteiger partial charge in [0.1, 0.15) is 6.10 Å². The van der Waals surface area contributed by atoms with E-state index in [-0.39, 0.29) is 65.5 Å². The molecule has 0 aromatic heterocycles. The average molecular weight is 547 g/mol. The van der Waals surface area contributed by atoms with Crippen LogP contribution in [-0.2, 0) is 10.0 Å². The number of benzene rings is 2. The quantitative estimate of drug-likeness (QED) is 0.467. The number of aliphatic hydroxyl groups excluding tert-OH is 1. The van der Waals surface area contributed by atoms with Crippen LogP contribution in [0.4, 0.5) is 10.5 Å². The lowest BCUT2D eigenvalue weighted by Crippen LogP contribution is -2.51. The number of aliphatic hydroxyl groups is 1. The molecule has 1 aliphatic heterocycles. The number of sulfonamides is 1. The molecule has 2 aromatic rings. The summed E-state index contributed by atoms with van der Waals surface area (Å²) in [6, 6.07) is 10.3. The van der Waals surface area contributed by atoms with E-state index >= 15 is 0 Å². The standard InChI is InChI=1S/C27H38N4O6S/c1-17(2)28-27(34)30(6)15-24-19(4)14-31(20(5)16-32)26(33)22-8-7-9-23(25(22)37-24)29-38(35,36)21-12-10-18(3)11-13-21/h7-13,17,19-20,24,29,32H,14-16H2,1-6H3,(H,28,34)/t19-,20+,24+/m0/s1. The zero-order chi connectivity index (χ0) is 28.2. The first kappa shape index (κ1) is 29.2. The summed E-state index contributed by atoms with van der Waals surface area (Å²) >= 11 is 0. The van der Waals surface area contributed by atoms with Crippen LogP contribution < -0.4 is 14.8 Å². The van der Waals surface area contributed by atoms with Crippen molar-refractivity contribution < 1.29 is 27.9 Å². The van der Waals surface area contributed by atoms with Crippen LogP contribution in [0.5, 0.6) is 5.75 Å². The average Bonchev–Trinajstić information content (AvgIpc) is 2.85. The summed E-state index contributed by atoms with van der Waals surface area (Å²) in [6.45, 7) is 9.46. The summed E-state index contributed by atoms with van der Waals surface area (Å²) in [5.41, 5.74) is 1.20. The van der Waals surface area contributed by atoms with Crippen molar-refractivity contribution in [1.29, 1.82) is 0 Å². The number of carbonyl (C=O) groups is 2. The zero-order valence-corrected chi connectivity index (χ0v) is 23.6. The van der Waals surface area contributed by atoms with Gasteiger partial charge in [-0.05, 0) is 52.0 Å². The highest BCUT2D eigenvalue weighted by molar-refractivity contribution is 7.92. The Labute approximate surface area is 225 Å². The minimum Gasteiger partial charge on any atom is -0.485 e. The van der Waals surface area contributed by atoms with E-state index in [2.05, 4.69) is 10.0 Å². The van der Waals surface area contributed by atoms with E-state index in [0.29, 0.717) is 0 Å². The number of ether oxygens (including phenoxy) is 1. The number of nitrogens with zero attached hydrogens (tertiary/aromatic N) is 2. The Morgan fingerprint density at radius 2 is 1.84 bits per heavy atom. The fourth-order valence-electron chi connectivity index (χ4n) is 4.17. The monoisotopic (exact) mass is 546 g/mol. The third-order valence-electron chi connectivity index (χ3n) is 6.48. The van der Waals surface area contributed by atoms with Crippen molar-refractivity contribution in [1.82, 2.24) is 15.1 Å². The van der Waals surface area contributed by atoms with Crippen molar-refractivity contribution in [3.05, 3.63) is 53.6 Å². The smallest absolute Gasteiger partial charge is 0.317 e. The first-order chi connectivity index (χ1) is 17.8. The zero-order valence-electron chi connectivity index (χ0n) is 22.8. The number of hydrogen-bond donors (Lipinski definition) is 3. The second-order valence-corrected chi connectivity index (χ2v) is 11.9. The van der Waals surface area contributed by atoms with Gasteiger partial charge in [-0.3, -0.25) is 9.52 Å². The molecule has 1 aliphatic rings. The molecular weight excluding hydrogens is 508 g/mol. The van der Waals surface area contributed by atoms with Gasteiger partial charge in [-0.1, -0.05) is 30.7 Å². The van der Waals surface area contributed by atoms with Crippen LogP contribution in [0.3, 0.4) is 0 Å². The fraction of sp³-hybridized carbons (Fsp3) is 0.481. The van der Waals surface area contributed by atoms with Gasteiger partial charge in [0.2, 0.25) is 0 Å². The van der Waals surface area contributed by atoms with Crippen LogP contribution in [0.2, 0.25) is 0 Å². The van der Waals surface area contributed by atoms with Crippen LogP contribution in [0.25, 0.3) is 0 Å². The maximum absolute atomic E-state index is 13.6. The predicted molar refractivity (Wildman–Crippen MR) is 146 cm³/mol. The van der Waals surface area contributed by atoms with Crippen LogP contribution in [0.15, 0.2) is 47.4 Å². The van der Waals surface area contributed by atoms with Crippen molar-refractivity contribution in [2.45, 2.75) is 57.7 Å². The van der Waals surface area contributed by atoms with Crippen molar-refractivity contribution in [3.8, 4) is 5.75 Å². The molecule has 38 heavy (non-hydrogen) atoms. The largest absolute Gasteiger partial charge is 0.485 e. The SMILES string of the molecule is Cc1ccc(S(=O)(=O)Nc2cccc3c2O[C@H](CN(C)C(=O)NC(C)C)[C@@H](C)CN([C@H](C)CO)C3=O)cc1. The van der Waals surface area contributed by atoms with Gasteiger partial charge in [0, 0.05) is 25.6 Å². The van der Waals surface area contributed by atoms with E-state index in [1.807, 2.05) is 27.7 Å². The molecule has 11 heteroatoms. The minimum absolute atomic E-state index is 0.0531. The number of aryl methyl sites for hydroxylation is 1. The lowest BCUT2D eigenvalue weighted by molar-refractivity contribution is 0.0369. The van der Waals surface area contributed by atoms with Crippen LogP contribution >= 0.6 is 0 Å². The Morgan fingerprint density at radius 1 is 1.18 bits per heavy atom. The number of para-hydroxylation sites is 1. The third kappa shape index (κ3) is 6.76. The number of amides is 3. The predicted octanol–water partition coefficient (Wildman–Crippen LogP) is 3.07. The maximum Gasteiger partial charge on any atom is 0.317 e. The van der Waals surface area contributed by atoms with E-state index in [1.165, 1.54) is 23.1 Å². The van der Waals surface area contributed by atoms with E-state index < -0.39 is 22.2 Å². The molecule has 0 fully saturated rings. The van der Waals surface area contributed by atoms with Crippen molar-refractivity contribution in [2.24, 2.45) is 5.92 Å². The summed E-state index contributed by atoms with van der Waals surface area (Å²) < 4.78 is 35.4. The van der Waals surface area contributed by atoms with Crippen molar-refractivity contribution in [2.75, 3.05) is 31.5 Å². The molecule has 1 heterocycles. The molecule has 3 rings (SSSR count). The van der Waals surface area contributed by atoms with Gasteiger partial charge < -0.3 is 25.0 Å². The minimum atomic E-state index is -3.99. The van der Waals surface area contributed by atoms with Crippen molar-refractivity contribution in [3.63, 3.8) is 0 Å². The van der Waals surface area contributed by atoms with Gasteiger partial charge in [-0.25, -0.2) is 13.2 Å². The Kier molecular flexibility index (Phi) is 9.26. The lowest BCUT2D eigenvalue weighted by Gasteiger charge is -2.38. The number of anilines is 1.